The molecule has 0 bridgehead atoms. The van der Waals surface area contributed by atoms with E-state index in [1.165, 1.54) is 18.2 Å². The number of nitro benzene ring substituents is 1. The van der Waals surface area contributed by atoms with E-state index in [1.807, 2.05) is 0 Å². The van der Waals surface area contributed by atoms with Crippen LogP contribution >= 0.6 is 0 Å². The summed E-state index contributed by atoms with van der Waals surface area (Å²) in [6.07, 6.45) is 0.311. The summed E-state index contributed by atoms with van der Waals surface area (Å²) in [5.74, 6) is -0.434. The van der Waals surface area contributed by atoms with Gasteiger partial charge in [0, 0.05) is 17.7 Å². The van der Waals surface area contributed by atoms with Gasteiger partial charge in [-0.1, -0.05) is 18.2 Å². The Morgan fingerprint density at radius 2 is 2.00 bits per heavy atom. The monoisotopic (exact) mass is 286 g/mol. The summed E-state index contributed by atoms with van der Waals surface area (Å²) < 4.78 is 26.2. The molecular weight excluding hydrogens is 272 g/mol. The number of hydrogen-bond acceptors (Lipinski definition) is 5. The molecule has 0 heterocycles. The van der Waals surface area contributed by atoms with Crippen LogP contribution < -0.4 is 4.72 Å². The van der Waals surface area contributed by atoms with Gasteiger partial charge >= 0.3 is 0 Å². The highest BCUT2D eigenvalue weighted by Crippen LogP contribution is 2.23. The van der Waals surface area contributed by atoms with Gasteiger partial charge in [-0.2, -0.15) is 0 Å². The molecule has 1 aromatic rings. The van der Waals surface area contributed by atoms with Crippen molar-refractivity contribution in [2.45, 2.75) is 30.7 Å². The second-order valence-corrected chi connectivity index (χ2v) is 6.34. The quantitative estimate of drug-likeness (QED) is 0.606. The van der Waals surface area contributed by atoms with Gasteiger partial charge in [0.15, 0.2) is 0 Å². The molecular formula is C11H14N2O5S. The zero-order chi connectivity index (χ0) is 14.0. The Morgan fingerprint density at radius 3 is 2.58 bits per heavy atom. The molecule has 0 aliphatic heterocycles. The van der Waals surface area contributed by atoms with Gasteiger partial charge < -0.3 is 5.11 Å². The Labute approximate surface area is 110 Å². The fraction of sp³-hybridized carbons (Fsp3) is 0.455. The number of aliphatic hydroxyl groups is 1. The number of para-hydroxylation sites is 1. The molecule has 0 radical (unpaired) electrons. The average Bonchev–Trinajstić information content (AvgIpc) is 2.26. The van der Waals surface area contributed by atoms with E-state index in [4.69, 9.17) is 5.11 Å². The molecule has 1 aromatic carbocycles. The smallest absolute Gasteiger partial charge is 0.273 e. The van der Waals surface area contributed by atoms with Crippen LogP contribution in [-0.2, 0) is 15.8 Å². The molecule has 2 rings (SSSR count). The van der Waals surface area contributed by atoms with E-state index in [0.717, 1.165) is 0 Å². The molecule has 0 atom stereocenters. The van der Waals surface area contributed by atoms with Crippen molar-refractivity contribution in [1.82, 2.24) is 4.72 Å². The SMILES string of the molecule is O=[N+]([O-])c1ccccc1CS(=O)(=O)NC1CC(O)C1. The molecule has 0 spiro atoms. The lowest BCUT2D eigenvalue weighted by Gasteiger charge is -2.31. The lowest BCUT2D eigenvalue weighted by atomic mass is 9.91. The number of benzene rings is 1. The Morgan fingerprint density at radius 1 is 1.37 bits per heavy atom. The number of aliphatic hydroxyl groups excluding tert-OH is 1. The van der Waals surface area contributed by atoms with Crippen molar-refractivity contribution in [3.05, 3.63) is 39.9 Å². The van der Waals surface area contributed by atoms with Gasteiger partial charge in [-0.15, -0.1) is 0 Å². The fourth-order valence-electron chi connectivity index (χ4n) is 2.00. The lowest BCUT2D eigenvalue weighted by Crippen LogP contribution is -2.46. The van der Waals surface area contributed by atoms with Crippen LogP contribution in [0.25, 0.3) is 0 Å². The molecule has 104 valence electrons. The van der Waals surface area contributed by atoms with E-state index >= 15 is 0 Å². The van der Waals surface area contributed by atoms with E-state index in [9.17, 15) is 18.5 Å². The minimum Gasteiger partial charge on any atom is -0.393 e. The highest BCUT2D eigenvalue weighted by Gasteiger charge is 2.31. The standard InChI is InChI=1S/C11H14N2O5S/c14-10-5-9(6-10)12-19(17,18)7-8-3-1-2-4-11(8)13(15)16/h1-4,9-10,12,14H,5-7H2. The van der Waals surface area contributed by atoms with Crippen LogP contribution in [0.1, 0.15) is 18.4 Å². The van der Waals surface area contributed by atoms with Crippen molar-refractivity contribution >= 4 is 15.7 Å². The average molecular weight is 286 g/mol. The third kappa shape index (κ3) is 3.49. The Balaban J connectivity index is 2.09. The predicted octanol–water partition coefficient (Wildman–Crippen LogP) is 0.538. The molecule has 19 heavy (non-hydrogen) atoms. The maximum atomic E-state index is 11.9. The van der Waals surface area contributed by atoms with Crippen molar-refractivity contribution in [1.29, 1.82) is 0 Å². The number of rotatable bonds is 5. The van der Waals surface area contributed by atoms with Crippen LogP contribution in [0.4, 0.5) is 5.69 Å². The first-order chi connectivity index (χ1) is 8.87. The predicted molar refractivity (Wildman–Crippen MR) is 67.9 cm³/mol. The van der Waals surface area contributed by atoms with E-state index in [0.29, 0.717) is 12.8 Å². The summed E-state index contributed by atoms with van der Waals surface area (Å²) in [6.45, 7) is 0. The van der Waals surface area contributed by atoms with Crippen LogP contribution in [0, 0.1) is 10.1 Å². The van der Waals surface area contributed by atoms with Crippen LogP contribution in [0.5, 0.6) is 0 Å². The molecule has 2 N–H and O–H groups in total. The minimum atomic E-state index is -3.64. The van der Waals surface area contributed by atoms with E-state index in [2.05, 4.69) is 4.72 Å². The summed E-state index contributed by atoms with van der Waals surface area (Å²) in [7, 11) is -3.64. The molecule has 7 nitrogen and oxygen atoms in total. The zero-order valence-electron chi connectivity index (χ0n) is 10.0. The largest absolute Gasteiger partial charge is 0.393 e. The molecule has 1 aliphatic rings. The molecule has 0 aromatic heterocycles. The Hall–Kier alpha value is -1.51. The first-order valence-electron chi connectivity index (χ1n) is 5.78. The van der Waals surface area contributed by atoms with E-state index in [-0.39, 0.29) is 17.3 Å². The number of nitrogens with zero attached hydrogens (tertiary/aromatic N) is 1. The lowest BCUT2D eigenvalue weighted by molar-refractivity contribution is -0.385. The number of nitro groups is 1. The molecule has 8 heteroatoms. The maximum Gasteiger partial charge on any atom is 0.273 e. The first kappa shape index (κ1) is 13.9. The van der Waals surface area contributed by atoms with Gasteiger partial charge in [0.1, 0.15) is 0 Å². The highest BCUT2D eigenvalue weighted by atomic mass is 32.2. The normalized spacial score (nSPS) is 22.8. The van der Waals surface area contributed by atoms with Gasteiger partial charge in [0.2, 0.25) is 10.0 Å². The topological polar surface area (TPSA) is 110 Å². The zero-order valence-corrected chi connectivity index (χ0v) is 10.8. The van der Waals surface area contributed by atoms with Crippen molar-refractivity contribution in [2.75, 3.05) is 0 Å². The van der Waals surface area contributed by atoms with Crippen LogP contribution in [0.3, 0.4) is 0 Å². The third-order valence-corrected chi connectivity index (χ3v) is 4.38. The van der Waals surface area contributed by atoms with Gasteiger partial charge in [0.25, 0.3) is 5.69 Å². The Kier molecular flexibility index (Phi) is 3.83. The summed E-state index contributed by atoms with van der Waals surface area (Å²) in [4.78, 5) is 10.2. The summed E-state index contributed by atoms with van der Waals surface area (Å²) in [5, 5.41) is 19.9. The van der Waals surface area contributed by atoms with Crippen molar-refractivity contribution < 1.29 is 18.4 Å². The summed E-state index contributed by atoms with van der Waals surface area (Å²) in [5.41, 5.74) is -0.0543. The molecule has 0 unspecified atom stereocenters. The number of nitrogens with one attached hydrogen (secondary N) is 1. The Bertz CT molecular complexity index is 581. The summed E-state index contributed by atoms with van der Waals surface area (Å²) >= 11 is 0. The second kappa shape index (κ2) is 5.24. The maximum absolute atomic E-state index is 11.9. The number of hydrogen-bond donors (Lipinski definition) is 2. The van der Waals surface area contributed by atoms with Gasteiger partial charge in [-0.25, -0.2) is 13.1 Å². The van der Waals surface area contributed by atoms with Crippen molar-refractivity contribution in [3.63, 3.8) is 0 Å². The minimum absolute atomic E-state index is 0.153. The number of sulfonamides is 1. The van der Waals surface area contributed by atoms with Gasteiger partial charge in [0.05, 0.1) is 16.8 Å². The molecule has 1 aliphatic carbocycles. The van der Waals surface area contributed by atoms with Gasteiger partial charge in [-0.05, 0) is 12.8 Å². The van der Waals surface area contributed by atoms with E-state index < -0.39 is 26.8 Å². The highest BCUT2D eigenvalue weighted by molar-refractivity contribution is 7.88. The van der Waals surface area contributed by atoms with Gasteiger partial charge in [-0.3, -0.25) is 10.1 Å². The van der Waals surface area contributed by atoms with Crippen LogP contribution in [-0.4, -0.2) is 30.6 Å². The second-order valence-electron chi connectivity index (χ2n) is 4.58. The van der Waals surface area contributed by atoms with Crippen molar-refractivity contribution in [2.24, 2.45) is 0 Å². The molecule has 0 saturated heterocycles. The third-order valence-electron chi connectivity index (χ3n) is 2.99. The van der Waals surface area contributed by atoms with E-state index in [1.54, 1.807) is 6.07 Å². The summed E-state index contributed by atoms with van der Waals surface area (Å²) in [6, 6.07) is 5.47. The van der Waals surface area contributed by atoms with Crippen molar-refractivity contribution in [3.8, 4) is 0 Å². The molecule has 1 fully saturated rings. The molecule has 1 saturated carbocycles. The fourth-order valence-corrected chi connectivity index (χ4v) is 3.43. The first-order valence-corrected chi connectivity index (χ1v) is 7.43. The molecule has 0 amide bonds. The van der Waals surface area contributed by atoms with Crippen LogP contribution in [0.2, 0.25) is 0 Å². The van der Waals surface area contributed by atoms with Crippen LogP contribution in [0.15, 0.2) is 24.3 Å².